The number of rotatable bonds is 5. The quantitative estimate of drug-likeness (QED) is 0.172. The zero-order valence-corrected chi connectivity index (χ0v) is 41.5. The molecule has 0 radical (unpaired) electrons. The van der Waals surface area contributed by atoms with Crippen LogP contribution in [0, 0.1) is 22.7 Å². The third-order valence-corrected chi connectivity index (χ3v) is 17.8. The summed E-state index contributed by atoms with van der Waals surface area (Å²) in [7, 11) is 0. The molecule has 0 unspecified atom stereocenters. The summed E-state index contributed by atoms with van der Waals surface area (Å²) in [4.78, 5) is 0. The maximum Gasteiger partial charge on any atom is 0.102 e. The van der Waals surface area contributed by atoms with Gasteiger partial charge in [-0.2, -0.15) is 10.5 Å². The summed E-state index contributed by atoms with van der Waals surface area (Å²) in [5.74, 6) is 0. The fourth-order valence-corrected chi connectivity index (χ4v) is 14.8. The molecule has 0 saturated heterocycles. The molecule has 0 N–H and O–H groups in total. The predicted octanol–water partition coefficient (Wildman–Crippen LogP) is 18.8. The molecule has 11 aromatic carbocycles. The summed E-state index contributed by atoms with van der Waals surface area (Å²) >= 11 is 3.60. The van der Waals surface area contributed by atoms with Gasteiger partial charge in [-0.15, -0.1) is 22.7 Å². The molecule has 0 aliphatic carbocycles. The van der Waals surface area contributed by atoms with Crippen molar-refractivity contribution < 1.29 is 0 Å². The molecule has 5 heterocycles. The van der Waals surface area contributed by atoms with Crippen molar-refractivity contribution in [2.24, 2.45) is 0 Å². The van der Waals surface area contributed by atoms with E-state index in [9.17, 15) is 10.5 Å². The summed E-state index contributed by atoms with van der Waals surface area (Å²) in [6, 6.07) is 85.0. The Bertz CT molecular complexity index is 5150. The second-order valence-corrected chi connectivity index (χ2v) is 21.4. The van der Waals surface area contributed by atoms with E-state index in [1.807, 2.05) is 36.4 Å². The van der Waals surface area contributed by atoms with E-state index in [2.05, 4.69) is 214 Å². The average molecular weight is 988 g/mol. The van der Waals surface area contributed by atoms with Gasteiger partial charge in [0.2, 0.25) is 0 Å². The van der Waals surface area contributed by atoms with E-state index in [0.29, 0.717) is 33.6 Å². The summed E-state index contributed by atoms with van der Waals surface area (Å²) in [6.07, 6.45) is 0. The third-order valence-electron chi connectivity index (χ3n) is 15.5. The van der Waals surface area contributed by atoms with Crippen LogP contribution in [0.3, 0.4) is 0 Å². The summed E-state index contributed by atoms with van der Waals surface area (Å²) in [5, 5.41) is 36.1. The van der Waals surface area contributed by atoms with Crippen molar-refractivity contribution in [2.45, 2.75) is 0 Å². The fourth-order valence-electron chi connectivity index (χ4n) is 12.6. The lowest BCUT2D eigenvalue weighted by atomic mass is 9.86. The highest BCUT2D eigenvalue weighted by atomic mass is 32.1. The van der Waals surface area contributed by atoms with Crippen LogP contribution < -0.4 is 0 Å². The minimum atomic E-state index is 0.475. The number of thiophene rings is 2. The van der Waals surface area contributed by atoms with Gasteiger partial charge in [0.15, 0.2) is 0 Å². The fraction of sp³-hybridized carbons (Fsp3) is 0. The summed E-state index contributed by atoms with van der Waals surface area (Å²) in [5.41, 5.74) is 12.5. The van der Waals surface area contributed by atoms with E-state index in [-0.39, 0.29) is 0 Å². The predicted molar refractivity (Wildman–Crippen MR) is 316 cm³/mol. The van der Waals surface area contributed by atoms with Gasteiger partial charge in [-0.05, 0) is 83.9 Å². The SMILES string of the molecule is N#Cc1c(-c2ccccc2)c(-n2c3ccc(-n4c5ccccc5c5ccccc54)cc3c3c4c(ccc32)sc2ccccc24)c(C#N)c(-c2ccccc2)c1-n1c2ccccc2c2c3c(ccc21)sc1ccccc13. The van der Waals surface area contributed by atoms with Gasteiger partial charge in [-0.1, -0.05) is 152 Å². The standard InChI is InChI=1S/C68H37N5S2/c69-38-49-62(41-19-5-2-6-20-41)68(50(39-70)61(40-17-3-1-4-18-40)67(49)72-53-28-14-9-23-45(53)63-55(72)33-35-59-65(63)46-24-10-15-29-57(46)74-59)73-54-32-31-42(71-51-26-12-7-21-43(51)44-22-8-13-27-52(44)71)37-48(54)64-56(73)34-36-60-66(64)47-25-11-16-30-58(47)75-60/h1-37H. The maximum atomic E-state index is 12.3. The van der Waals surface area contributed by atoms with E-state index in [4.69, 9.17) is 0 Å². The Labute approximate surface area is 437 Å². The van der Waals surface area contributed by atoms with Gasteiger partial charge in [0.05, 0.1) is 55.6 Å². The lowest BCUT2D eigenvalue weighted by Gasteiger charge is -2.25. The molecule has 0 atom stereocenters. The molecule has 0 bridgehead atoms. The van der Waals surface area contributed by atoms with Crippen LogP contribution in [0.2, 0.25) is 0 Å². The van der Waals surface area contributed by atoms with Gasteiger partial charge < -0.3 is 13.7 Å². The van der Waals surface area contributed by atoms with Crippen molar-refractivity contribution in [3.05, 3.63) is 236 Å². The molecule has 16 aromatic rings. The number of aromatic nitrogens is 3. The Morgan fingerprint density at radius 1 is 0.293 bits per heavy atom. The van der Waals surface area contributed by atoms with Gasteiger partial charge in [0.25, 0.3) is 0 Å². The molecule has 0 spiro atoms. The second kappa shape index (κ2) is 15.9. The normalized spacial score (nSPS) is 12.0. The van der Waals surface area contributed by atoms with Crippen molar-refractivity contribution in [1.82, 2.24) is 13.7 Å². The number of hydrogen-bond acceptors (Lipinski definition) is 4. The van der Waals surface area contributed by atoms with Crippen molar-refractivity contribution in [1.29, 1.82) is 10.5 Å². The molecular formula is C68H37N5S2. The molecule has 75 heavy (non-hydrogen) atoms. The van der Waals surface area contributed by atoms with Gasteiger partial charge in [0.1, 0.15) is 12.1 Å². The van der Waals surface area contributed by atoms with Gasteiger partial charge in [0, 0.05) is 89.5 Å². The smallest absolute Gasteiger partial charge is 0.102 e. The average Bonchev–Trinajstić information content (AvgIpc) is 4.40. The van der Waals surface area contributed by atoms with Crippen molar-refractivity contribution in [2.75, 3.05) is 0 Å². The lowest BCUT2D eigenvalue weighted by Crippen LogP contribution is -2.11. The number of fused-ring (bicyclic) bond motifs is 17. The van der Waals surface area contributed by atoms with Crippen LogP contribution in [-0.4, -0.2) is 13.7 Å². The number of hydrogen-bond donors (Lipinski definition) is 0. The molecule has 0 amide bonds. The van der Waals surface area contributed by atoms with Crippen LogP contribution in [0.1, 0.15) is 11.1 Å². The lowest BCUT2D eigenvalue weighted by molar-refractivity contribution is 1.13. The van der Waals surface area contributed by atoms with Crippen molar-refractivity contribution in [3.8, 4) is 51.5 Å². The largest absolute Gasteiger partial charge is 0.309 e. The molecule has 0 fully saturated rings. The monoisotopic (exact) mass is 987 g/mol. The van der Waals surface area contributed by atoms with E-state index < -0.39 is 0 Å². The maximum absolute atomic E-state index is 12.3. The second-order valence-electron chi connectivity index (χ2n) is 19.3. The number of nitriles is 2. The minimum Gasteiger partial charge on any atom is -0.309 e. The summed E-state index contributed by atoms with van der Waals surface area (Å²) in [6.45, 7) is 0. The van der Waals surface area contributed by atoms with E-state index in [0.717, 1.165) is 71.5 Å². The topological polar surface area (TPSA) is 62.4 Å². The van der Waals surface area contributed by atoms with Crippen LogP contribution in [0.4, 0.5) is 0 Å². The summed E-state index contributed by atoms with van der Waals surface area (Å²) < 4.78 is 11.8. The Balaban J connectivity index is 1.11. The Morgan fingerprint density at radius 2 is 0.680 bits per heavy atom. The number of para-hydroxylation sites is 3. The molecule has 5 nitrogen and oxygen atoms in total. The van der Waals surface area contributed by atoms with E-state index >= 15 is 0 Å². The highest BCUT2D eigenvalue weighted by Crippen LogP contribution is 2.52. The van der Waals surface area contributed by atoms with Crippen LogP contribution >= 0.6 is 22.7 Å². The first kappa shape index (κ1) is 41.8. The van der Waals surface area contributed by atoms with Gasteiger partial charge in [-0.3, -0.25) is 0 Å². The molecule has 0 aliphatic rings. The molecule has 0 saturated carbocycles. The highest BCUT2D eigenvalue weighted by molar-refractivity contribution is 7.26. The van der Waals surface area contributed by atoms with Gasteiger partial charge >= 0.3 is 0 Å². The van der Waals surface area contributed by atoms with Crippen molar-refractivity contribution in [3.63, 3.8) is 0 Å². The van der Waals surface area contributed by atoms with Crippen LogP contribution in [-0.2, 0) is 0 Å². The minimum absolute atomic E-state index is 0.475. The van der Waals surface area contributed by atoms with Gasteiger partial charge in [-0.25, -0.2) is 0 Å². The Kier molecular flexibility index (Phi) is 8.85. The molecular weight excluding hydrogens is 951 g/mol. The third kappa shape index (κ3) is 5.74. The zero-order valence-electron chi connectivity index (χ0n) is 39.9. The van der Waals surface area contributed by atoms with Crippen molar-refractivity contribution >= 4 is 128 Å². The molecule has 16 rings (SSSR count). The Morgan fingerprint density at radius 3 is 1.17 bits per heavy atom. The zero-order chi connectivity index (χ0) is 49.5. The molecule has 0 aliphatic heterocycles. The first-order valence-electron chi connectivity index (χ1n) is 25.0. The Hall–Kier alpha value is -9.76. The van der Waals surface area contributed by atoms with E-state index in [1.165, 1.54) is 51.1 Å². The van der Waals surface area contributed by atoms with Crippen LogP contribution in [0.5, 0.6) is 0 Å². The number of nitrogens with zero attached hydrogens (tertiary/aromatic N) is 5. The molecule has 346 valence electrons. The van der Waals surface area contributed by atoms with E-state index in [1.54, 1.807) is 22.7 Å². The molecule has 5 aromatic heterocycles. The molecule has 7 heteroatoms. The number of benzene rings is 11. The first-order chi connectivity index (χ1) is 37.2. The van der Waals surface area contributed by atoms with Crippen LogP contribution in [0.15, 0.2) is 224 Å². The first-order valence-corrected chi connectivity index (χ1v) is 26.7. The van der Waals surface area contributed by atoms with Crippen LogP contribution in [0.25, 0.3) is 145 Å². The highest BCUT2D eigenvalue weighted by Gasteiger charge is 2.32.